The molecule has 0 aliphatic rings. The van der Waals surface area contributed by atoms with E-state index in [0.717, 1.165) is 0 Å². The van der Waals surface area contributed by atoms with Gasteiger partial charge in [0.15, 0.2) is 5.82 Å². The van der Waals surface area contributed by atoms with Gasteiger partial charge < -0.3 is 4.57 Å². The van der Waals surface area contributed by atoms with Crippen LogP contribution in [-0.2, 0) is 7.05 Å². The molecule has 0 saturated carbocycles. The minimum absolute atomic E-state index is 0.116. The molecule has 0 bridgehead atoms. The fourth-order valence-electron chi connectivity index (χ4n) is 1.30. The summed E-state index contributed by atoms with van der Waals surface area (Å²) in [5, 5.41) is 0.116. The van der Waals surface area contributed by atoms with Gasteiger partial charge in [-0.1, -0.05) is 17.7 Å². The predicted molar refractivity (Wildman–Crippen MR) is 53.6 cm³/mol. The lowest BCUT2D eigenvalue weighted by Gasteiger charge is -2.03. The van der Waals surface area contributed by atoms with Crippen molar-refractivity contribution in [2.75, 3.05) is 0 Å². The maximum absolute atomic E-state index is 13.6. The zero-order chi connectivity index (χ0) is 10.1. The smallest absolute Gasteiger partial charge is 0.152 e. The minimum Gasteiger partial charge on any atom is -0.334 e. The second kappa shape index (κ2) is 3.42. The Hall–Kier alpha value is -1.35. The topological polar surface area (TPSA) is 17.8 Å². The third-order valence-electron chi connectivity index (χ3n) is 2.01. The highest BCUT2D eigenvalue weighted by Gasteiger charge is 2.11. The Morgan fingerprint density at radius 1 is 1.43 bits per heavy atom. The molecule has 0 aliphatic carbocycles. The first-order chi connectivity index (χ1) is 6.70. The second-order valence-corrected chi connectivity index (χ2v) is 3.37. The molecule has 0 radical (unpaired) electrons. The van der Waals surface area contributed by atoms with Crippen LogP contribution in [0.3, 0.4) is 0 Å². The number of benzene rings is 1. The quantitative estimate of drug-likeness (QED) is 0.708. The number of imidazole rings is 1. The lowest BCUT2D eigenvalue weighted by atomic mass is 10.2. The predicted octanol–water partition coefficient (Wildman–Crippen LogP) is 2.88. The minimum atomic E-state index is -0.427. The number of hydrogen-bond acceptors (Lipinski definition) is 1. The molecular formula is C10H8ClFN2. The molecule has 0 aliphatic heterocycles. The third kappa shape index (κ3) is 1.40. The Bertz CT molecular complexity index is 465. The molecule has 0 fully saturated rings. The van der Waals surface area contributed by atoms with E-state index < -0.39 is 5.82 Å². The molecule has 2 nitrogen and oxygen atoms in total. The van der Waals surface area contributed by atoms with Crippen LogP contribution in [0, 0.1) is 5.82 Å². The summed E-state index contributed by atoms with van der Waals surface area (Å²) in [6, 6.07) is 4.88. The Morgan fingerprint density at radius 2 is 2.21 bits per heavy atom. The maximum atomic E-state index is 13.6. The van der Waals surface area contributed by atoms with Crippen LogP contribution in [0.2, 0.25) is 5.02 Å². The van der Waals surface area contributed by atoms with E-state index in [-0.39, 0.29) is 5.02 Å². The van der Waals surface area contributed by atoms with Crippen molar-refractivity contribution in [2.24, 2.45) is 7.05 Å². The highest BCUT2D eigenvalue weighted by atomic mass is 35.5. The van der Waals surface area contributed by atoms with Gasteiger partial charge in [0.2, 0.25) is 0 Å². The Kier molecular flexibility index (Phi) is 2.25. The van der Waals surface area contributed by atoms with Crippen molar-refractivity contribution >= 4 is 11.6 Å². The van der Waals surface area contributed by atoms with Gasteiger partial charge in [0.05, 0.1) is 10.6 Å². The van der Waals surface area contributed by atoms with E-state index in [4.69, 9.17) is 11.6 Å². The van der Waals surface area contributed by atoms with Gasteiger partial charge in [0.1, 0.15) is 5.82 Å². The summed E-state index contributed by atoms with van der Waals surface area (Å²) < 4.78 is 15.3. The molecule has 0 N–H and O–H groups in total. The molecule has 2 aromatic rings. The van der Waals surface area contributed by atoms with Crippen molar-refractivity contribution in [3.8, 4) is 11.4 Å². The highest BCUT2D eigenvalue weighted by Crippen LogP contribution is 2.25. The van der Waals surface area contributed by atoms with E-state index in [1.54, 1.807) is 29.1 Å². The second-order valence-electron chi connectivity index (χ2n) is 2.96. The SMILES string of the molecule is Cn1ccnc1-c1cccc(Cl)c1F. The molecule has 0 spiro atoms. The number of halogens is 2. The standard InChI is InChI=1S/C10H8ClFN2/c1-14-6-5-13-10(14)7-3-2-4-8(11)9(7)12/h2-6H,1H3. The Balaban J connectivity index is 2.63. The van der Waals surface area contributed by atoms with E-state index in [1.165, 1.54) is 6.07 Å². The molecule has 72 valence electrons. The molecule has 2 rings (SSSR count). The van der Waals surface area contributed by atoms with E-state index in [2.05, 4.69) is 4.98 Å². The zero-order valence-electron chi connectivity index (χ0n) is 7.54. The molecule has 0 amide bonds. The van der Waals surface area contributed by atoms with Crippen molar-refractivity contribution < 1.29 is 4.39 Å². The van der Waals surface area contributed by atoms with Crippen molar-refractivity contribution in [1.29, 1.82) is 0 Å². The average molecular weight is 211 g/mol. The maximum Gasteiger partial charge on any atom is 0.152 e. The summed E-state index contributed by atoms with van der Waals surface area (Å²) in [4.78, 5) is 4.05. The lowest BCUT2D eigenvalue weighted by Crippen LogP contribution is -1.94. The molecule has 0 unspecified atom stereocenters. The number of aryl methyl sites for hydroxylation is 1. The Labute approximate surface area is 86.0 Å². The number of rotatable bonds is 1. The van der Waals surface area contributed by atoms with Gasteiger partial charge in [0.25, 0.3) is 0 Å². The number of hydrogen-bond donors (Lipinski definition) is 0. The van der Waals surface area contributed by atoms with Crippen LogP contribution in [0.25, 0.3) is 11.4 Å². The van der Waals surface area contributed by atoms with Crippen LogP contribution in [0.1, 0.15) is 0 Å². The van der Waals surface area contributed by atoms with Crippen LogP contribution >= 0.6 is 11.6 Å². The number of aromatic nitrogens is 2. The zero-order valence-corrected chi connectivity index (χ0v) is 8.29. The summed E-state index contributed by atoms with van der Waals surface area (Å²) in [6.07, 6.45) is 3.38. The van der Waals surface area contributed by atoms with Crippen LogP contribution in [0.4, 0.5) is 4.39 Å². The largest absolute Gasteiger partial charge is 0.334 e. The molecular weight excluding hydrogens is 203 g/mol. The first-order valence-electron chi connectivity index (χ1n) is 4.12. The first kappa shape index (κ1) is 9.21. The third-order valence-corrected chi connectivity index (χ3v) is 2.31. The van der Waals surface area contributed by atoms with Gasteiger partial charge in [-0.3, -0.25) is 0 Å². The van der Waals surface area contributed by atoms with Crippen LogP contribution in [0.15, 0.2) is 30.6 Å². The van der Waals surface area contributed by atoms with E-state index in [0.29, 0.717) is 11.4 Å². The molecule has 0 saturated heterocycles. The fraction of sp³-hybridized carbons (Fsp3) is 0.100. The summed E-state index contributed by atoms with van der Waals surface area (Å²) in [5.74, 6) is 0.147. The summed E-state index contributed by atoms with van der Waals surface area (Å²) in [6.45, 7) is 0. The summed E-state index contributed by atoms with van der Waals surface area (Å²) in [7, 11) is 1.81. The van der Waals surface area contributed by atoms with Gasteiger partial charge in [-0.15, -0.1) is 0 Å². The van der Waals surface area contributed by atoms with Gasteiger partial charge in [-0.2, -0.15) is 0 Å². The molecule has 1 aromatic carbocycles. The molecule has 0 atom stereocenters. The van der Waals surface area contributed by atoms with Crippen molar-refractivity contribution in [3.63, 3.8) is 0 Å². The van der Waals surface area contributed by atoms with Crippen molar-refractivity contribution in [1.82, 2.24) is 9.55 Å². The van der Waals surface area contributed by atoms with Crippen molar-refractivity contribution in [3.05, 3.63) is 41.4 Å². The van der Waals surface area contributed by atoms with E-state index in [9.17, 15) is 4.39 Å². The van der Waals surface area contributed by atoms with Crippen LogP contribution in [-0.4, -0.2) is 9.55 Å². The van der Waals surface area contributed by atoms with Crippen LogP contribution < -0.4 is 0 Å². The summed E-state index contributed by atoms with van der Waals surface area (Å²) in [5.41, 5.74) is 0.421. The first-order valence-corrected chi connectivity index (χ1v) is 4.49. The lowest BCUT2D eigenvalue weighted by molar-refractivity contribution is 0.629. The monoisotopic (exact) mass is 210 g/mol. The molecule has 4 heteroatoms. The van der Waals surface area contributed by atoms with Gasteiger partial charge in [0, 0.05) is 19.4 Å². The average Bonchev–Trinajstić information content (AvgIpc) is 2.57. The fourth-order valence-corrected chi connectivity index (χ4v) is 1.48. The molecule has 1 aromatic heterocycles. The van der Waals surface area contributed by atoms with Gasteiger partial charge in [-0.05, 0) is 12.1 Å². The van der Waals surface area contributed by atoms with Crippen LogP contribution in [0.5, 0.6) is 0 Å². The van der Waals surface area contributed by atoms with Crippen molar-refractivity contribution in [2.45, 2.75) is 0 Å². The van der Waals surface area contributed by atoms with Gasteiger partial charge >= 0.3 is 0 Å². The van der Waals surface area contributed by atoms with Gasteiger partial charge in [-0.25, -0.2) is 9.37 Å². The molecule has 14 heavy (non-hydrogen) atoms. The summed E-state index contributed by atoms with van der Waals surface area (Å²) >= 11 is 5.67. The Morgan fingerprint density at radius 3 is 2.86 bits per heavy atom. The normalized spacial score (nSPS) is 10.5. The van der Waals surface area contributed by atoms with E-state index >= 15 is 0 Å². The molecule has 1 heterocycles. The highest BCUT2D eigenvalue weighted by molar-refractivity contribution is 6.31. The van der Waals surface area contributed by atoms with E-state index in [1.807, 2.05) is 7.05 Å². The number of nitrogens with zero attached hydrogens (tertiary/aromatic N) is 2.